The van der Waals surface area contributed by atoms with E-state index >= 15 is 0 Å². The molecule has 1 aromatic rings. The maximum absolute atomic E-state index is 11.2. The van der Waals surface area contributed by atoms with Crippen LogP contribution in [0, 0.1) is 0 Å². The lowest BCUT2D eigenvalue weighted by molar-refractivity contribution is 0.101. The molecule has 0 aromatic heterocycles. The highest BCUT2D eigenvalue weighted by atomic mass is 32.3. The summed E-state index contributed by atoms with van der Waals surface area (Å²) in [6, 6.07) is 2.38. The second kappa shape index (κ2) is 2.86. The van der Waals surface area contributed by atoms with Gasteiger partial charge in [0.2, 0.25) is 5.75 Å². The smallest absolute Gasteiger partial charge is 0.501 e. The summed E-state index contributed by atoms with van der Waals surface area (Å²) in [5, 5.41) is 9.33. The molecule has 6 nitrogen and oxygen atoms in total. The summed E-state index contributed by atoms with van der Waals surface area (Å²) in [7, 11) is -4.22. The Hall–Kier alpha value is -1.76. The molecule has 0 unspecified atom stereocenters. The monoisotopic (exact) mass is 230 g/mol. The maximum atomic E-state index is 11.2. The molecule has 1 N–H and O–H groups in total. The molecule has 7 heteroatoms. The highest BCUT2D eigenvalue weighted by molar-refractivity contribution is 7.82. The van der Waals surface area contributed by atoms with Crippen LogP contribution in [0.15, 0.2) is 12.1 Å². The van der Waals surface area contributed by atoms with Gasteiger partial charge in [-0.2, -0.15) is 0 Å². The number of benzene rings is 1. The molecule has 0 aliphatic carbocycles. The van der Waals surface area contributed by atoms with E-state index in [2.05, 4.69) is 8.37 Å². The Morgan fingerprint density at radius 2 is 2.00 bits per heavy atom. The van der Waals surface area contributed by atoms with E-state index in [1.165, 1.54) is 19.1 Å². The van der Waals surface area contributed by atoms with Gasteiger partial charge in [0.05, 0.1) is 0 Å². The van der Waals surface area contributed by atoms with Gasteiger partial charge in [0.15, 0.2) is 17.3 Å². The van der Waals surface area contributed by atoms with Crippen molar-refractivity contribution in [3.05, 3.63) is 17.7 Å². The minimum atomic E-state index is -4.22. The van der Waals surface area contributed by atoms with E-state index in [-0.39, 0.29) is 17.1 Å². The molecule has 15 heavy (non-hydrogen) atoms. The van der Waals surface area contributed by atoms with Crippen molar-refractivity contribution in [1.82, 2.24) is 0 Å². The zero-order valence-electron chi connectivity index (χ0n) is 7.55. The summed E-state index contributed by atoms with van der Waals surface area (Å²) in [6.07, 6.45) is 0. The minimum absolute atomic E-state index is 0.0789. The molecule has 0 amide bonds. The SMILES string of the molecule is CC(=O)c1c2ccc(O)c1OS(=O)(=O)O2. The minimum Gasteiger partial charge on any atom is -0.504 e. The number of Topliss-reactive ketones (excluding diaryl/α,β-unsaturated/α-hetero) is 1. The topological polar surface area (TPSA) is 89.9 Å². The fourth-order valence-electron chi connectivity index (χ4n) is 1.27. The first-order chi connectivity index (χ1) is 6.91. The van der Waals surface area contributed by atoms with Gasteiger partial charge in [-0.1, -0.05) is 0 Å². The summed E-state index contributed by atoms with van der Waals surface area (Å²) >= 11 is 0. The second-order valence-electron chi connectivity index (χ2n) is 2.92. The predicted molar refractivity (Wildman–Crippen MR) is 48.3 cm³/mol. The lowest BCUT2D eigenvalue weighted by Crippen LogP contribution is -2.23. The van der Waals surface area contributed by atoms with Crippen LogP contribution < -0.4 is 8.37 Å². The van der Waals surface area contributed by atoms with Gasteiger partial charge < -0.3 is 13.5 Å². The highest BCUT2D eigenvalue weighted by Gasteiger charge is 2.32. The summed E-state index contributed by atoms with van der Waals surface area (Å²) in [6.45, 7) is 1.21. The van der Waals surface area contributed by atoms with Gasteiger partial charge in [-0.3, -0.25) is 4.79 Å². The number of ketones is 1. The third-order valence-corrected chi connectivity index (χ3v) is 2.58. The van der Waals surface area contributed by atoms with Crippen LogP contribution in [0.3, 0.4) is 0 Å². The quantitative estimate of drug-likeness (QED) is 0.711. The van der Waals surface area contributed by atoms with Crippen LogP contribution in [0.2, 0.25) is 0 Å². The highest BCUT2D eigenvalue weighted by Crippen LogP contribution is 2.41. The van der Waals surface area contributed by atoms with Crippen LogP contribution in [-0.4, -0.2) is 19.3 Å². The van der Waals surface area contributed by atoms with Gasteiger partial charge in [-0.15, -0.1) is 8.42 Å². The molecule has 80 valence electrons. The summed E-state index contributed by atoms with van der Waals surface area (Å²) in [5.74, 6) is -1.39. The number of rotatable bonds is 1. The predicted octanol–water partition coefficient (Wildman–Crippen LogP) is 0.611. The number of fused-ring (bicyclic) bond motifs is 2. The molecule has 0 atom stereocenters. The average Bonchev–Trinajstić information content (AvgIpc) is 2.09. The number of hydrogen-bond donors (Lipinski definition) is 1. The van der Waals surface area contributed by atoms with Crippen molar-refractivity contribution in [3.8, 4) is 17.2 Å². The van der Waals surface area contributed by atoms with Gasteiger partial charge in [-0.25, -0.2) is 0 Å². The van der Waals surface area contributed by atoms with Crippen molar-refractivity contribution >= 4 is 16.2 Å². The zero-order valence-corrected chi connectivity index (χ0v) is 8.37. The Kier molecular flexibility index (Phi) is 1.87. The van der Waals surface area contributed by atoms with E-state index in [4.69, 9.17) is 0 Å². The maximum Gasteiger partial charge on any atom is 0.501 e. The number of hydrogen-bond acceptors (Lipinski definition) is 6. The van der Waals surface area contributed by atoms with Crippen molar-refractivity contribution in [2.75, 3.05) is 0 Å². The molecule has 1 aromatic carbocycles. The Balaban J connectivity index is 2.75. The lowest BCUT2D eigenvalue weighted by Gasteiger charge is -2.19. The molecule has 1 aliphatic rings. The van der Waals surface area contributed by atoms with Crippen LogP contribution in [0.5, 0.6) is 17.2 Å². The van der Waals surface area contributed by atoms with E-state index in [0.717, 1.165) is 0 Å². The second-order valence-corrected chi connectivity index (χ2v) is 4.07. The Bertz CT molecular complexity index is 544. The molecule has 1 heterocycles. The van der Waals surface area contributed by atoms with Crippen LogP contribution in [0.25, 0.3) is 0 Å². The lowest BCUT2D eigenvalue weighted by atomic mass is 10.1. The van der Waals surface area contributed by atoms with Gasteiger partial charge in [0.25, 0.3) is 0 Å². The molecular formula is C8H6O6S. The Morgan fingerprint density at radius 1 is 1.33 bits per heavy atom. The van der Waals surface area contributed by atoms with E-state index in [1.54, 1.807) is 0 Å². The molecule has 0 saturated carbocycles. The average molecular weight is 230 g/mol. The summed E-state index contributed by atoms with van der Waals surface area (Å²) in [4.78, 5) is 11.2. The first-order valence-electron chi connectivity index (χ1n) is 3.91. The molecular weight excluding hydrogens is 224 g/mol. The van der Waals surface area contributed by atoms with Gasteiger partial charge in [0, 0.05) is 0 Å². The first-order valence-corrected chi connectivity index (χ1v) is 5.25. The van der Waals surface area contributed by atoms with Gasteiger partial charge in [-0.05, 0) is 19.1 Å². The Labute approximate surface area is 85.4 Å². The standard InChI is InChI=1S/C8H6O6S/c1-4(9)7-6-3-2-5(10)8(7)14-15(11,12)13-6/h2-3,10H,1H3. The molecule has 0 spiro atoms. The number of carbonyl (C=O) groups excluding carboxylic acids is 1. The van der Waals surface area contributed by atoms with Crippen LogP contribution in [-0.2, 0) is 10.4 Å². The van der Waals surface area contributed by atoms with Crippen molar-refractivity contribution in [2.24, 2.45) is 0 Å². The molecule has 2 bridgehead atoms. The number of phenols is 1. The zero-order chi connectivity index (χ0) is 11.2. The molecule has 0 saturated heterocycles. The van der Waals surface area contributed by atoms with E-state index in [9.17, 15) is 18.3 Å². The normalized spacial score (nSPS) is 16.3. The first kappa shape index (κ1) is 9.78. The van der Waals surface area contributed by atoms with E-state index in [1.807, 2.05) is 0 Å². The number of phenolic OH excluding ortho intramolecular Hbond substituents is 1. The molecule has 2 rings (SSSR count). The van der Waals surface area contributed by atoms with Crippen molar-refractivity contribution in [2.45, 2.75) is 6.92 Å². The third-order valence-electron chi connectivity index (χ3n) is 1.83. The van der Waals surface area contributed by atoms with Crippen LogP contribution in [0.4, 0.5) is 0 Å². The van der Waals surface area contributed by atoms with Crippen LogP contribution >= 0.6 is 0 Å². The fourth-order valence-corrected chi connectivity index (χ4v) is 2.04. The molecule has 0 radical (unpaired) electrons. The van der Waals surface area contributed by atoms with Crippen molar-refractivity contribution < 1.29 is 26.7 Å². The Morgan fingerprint density at radius 3 is 2.60 bits per heavy atom. The van der Waals surface area contributed by atoms with E-state index in [0.29, 0.717) is 0 Å². The van der Waals surface area contributed by atoms with E-state index < -0.39 is 21.9 Å². The van der Waals surface area contributed by atoms with Crippen molar-refractivity contribution in [3.63, 3.8) is 0 Å². The van der Waals surface area contributed by atoms with Crippen LogP contribution in [0.1, 0.15) is 17.3 Å². The van der Waals surface area contributed by atoms with Gasteiger partial charge in [0.1, 0.15) is 5.56 Å². The van der Waals surface area contributed by atoms with Gasteiger partial charge >= 0.3 is 10.4 Å². The largest absolute Gasteiger partial charge is 0.504 e. The third kappa shape index (κ3) is 1.50. The number of carbonyl (C=O) groups is 1. The molecule has 0 fully saturated rings. The molecule has 1 aliphatic heterocycles. The van der Waals surface area contributed by atoms with Crippen molar-refractivity contribution in [1.29, 1.82) is 0 Å². The summed E-state index contributed by atoms with van der Waals surface area (Å²) in [5.41, 5.74) is -0.0789. The fraction of sp³-hybridized carbons (Fsp3) is 0.125. The number of aromatic hydroxyl groups is 1. The summed E-state index contributed by atoms with van der Waals surface area (Å²) < 4.78 is 30.8.